The first kappa shape index (κ1) is 6.62. The van der Waals surface area contributed by atoms with Crippen LogP contribution in [0.15, 0.2) is 53.2 Å². The molecule has 0 atom stereocenters. The van der Waals surface area contributed by atoms with Gasteiger partial charge in [0.1, 0.15) is 10.8 Å². The van der Waals surface area contributed by atoms with Crippen LogP contribution in [0.1, 0.15) is 0 Å². The van der Waals surface area contributed by atoms with E-state index in [1.54, 1.807) is 0 Å². The minimum absolute atomic E-state index is 0.248. The van der Waals surface area contributed by atoms with E-state index in [1.165, 1.54) is 4.90 Å². The van der Waals surface area contributed by atoms with Crippen LogP contribution in [0.4, 0.5) is 0 Å². The fourth-order valence-electron chi connectivity index (χ4n) is 1.04. The molecular weight excluding hydrogens is 152 g/mol. The molecular formula is C10H9S+. The van der Waals surface area contributed by atoms with Crippen molar-refractivity contribution in [2.24, 2.45) is 0 Å². The van der Waals surface area contributed by atoms with Gasteiger partial charge in [0.2, 0.25) is 0 Å². The Morgan fingerprint density at radius 3 is 2.00 bits per heavy atom. The predicted molar refractivity (Wildman–Crippen MR) is 50.3 cm³/mol. The molecule has 0 aliphatic rings. The van der Waals surface area contributed by atoms with Gasteiger partial charge in [-0.1, -0.05) is 18.2 Å². The lowest BCUT2D eigenvalue weighted by atomic mass is 10.4. The first-order chi connectivity index (χ1) is 5.47. The Bertz CT molecular complexity index is 308. The molecule has 0 spiro atoms. The molecule has 0 radical (unpaired) electrons. The lowest BCUT2D eigenvalue weighted by Crippen LogP contribution is -1.62. The lowest BCUT2D eigenvalue weighted by Gasteiger charge is -1.84. The first-order valence-corrected chi connectivity index (χ1v) is 4.94. The molecule has 0 saturated heterocycles. The Hall–Kier alpha value is -1.08. The minimum Gasteiger partial charge on any atom is -0.0619 e. The second-order valence-corrected chi connectivity index (χ2v) is 4.10. The maximum Gasteiger partial charge on any atom is 0.178 e. The molecule has 0 bridgehead atoms. The van der Waals surface area contributed by atoms with Gasteiger partial charge >= 0.3 is 0 Å². The van der Waals surface area contributed by atoms with Gasteiger partial charge in [-0.25, -0.2) is 0 Å². The highest BCUT2D eigenvalue weighted by Gasteiger charge is 2.03. The standard InChI is InChI=1S/C10H9S/c1-2-6-10(7-3-1)11-8-4-5-9-11/h1-9H/q+1. The summed E-state index contributed by atoms with van der Waals surface area (Å²) in [5.74, 6) is 0. The van der Waals surface area contributed by atoms with Gasteiger partial charge in [0, 0.05) is 10.5 Å². The third-order valence-electron chi connectivity index (χ3n) is 1.58. The van der Waals surface area contributed by atoms with E-state index < -0.39 is 0 Å². The van der Waals surface area contributed by atoms with Crippen molar-refractivity contribution < 1.29 is 0 Å². The van der Waals surface area contributed by atoms with Crippen molar-refractivity contribution in [3.8, 4) is 4.90 Å². The zero-order valence-electron chi connectivity index (χ0n) is 6.10. The summed E-state index contributed by atoms with van der Waals surface area (Å²) in [4.78, 5) is 1.40. The van der Waals surface area contributed by atoms with Crippen LogP contribution >= 0.6 is 10.5 Å². The maximum absolute atomic E-state index is 2.23. The summed E-state index contributed by atoms with van der Waals surface area (Å²) in [6.45, 7) is 0. The molecule has 0 fully saturated rings. The molecule has 0 aliphatic heterocycles. The molecule has 2 rings (SSSR count). The Labute approximate surface area is 69.1 Å². The van der Waals surface area contributed by atoms with Gasteiger partial charge in [-0.05, 0) is 24.3 Å². The predicted octanol–water partition coefficient (Wildman–Crippen LogP) is 3.42. The largest absolute Gasteiger partial charge is 0.178 e. The van der Waals surface area contributed by atoms with Crippen molar-refractivity contribution in [1.29, 1.82) is 0 Å². The fourth-order valence-corrected chi connectivity index (χ4v) is 2.44. The van der Waals surface area contributed by atoms with Crippen LogP contribution in [0.25, 0.3) is 4.90 Å². The molecule has 1 heterocycles. The second kappa shape index (κ2) is 2.89. The number of rotatable bonds is 1. The zero-order valence-corrected chi connectivity index (χ0v) is 6.92. The lowest BCUT2D eigenvalue weighted by molar-refractivity contribution is 1.76. The van der Waals surface area contributed by atoms with Crippen LogP contribution in [0.3, 0.4) is 0 Å². The number of thiophene rings is 1. The molecule has 1 heteroatoms. The third-order valence-corrected chi connectivity index (χ3v) is 3.29. The molecule has 54 valence electrons. The number of hydrogen-bond donors (Lipinski definition) is 0. The zero-order chi connectivity index (χ0) is 7.52. The number of benzene rings is 1. The van der Waals surface area contributed by atoms with Gasteiger partial charge in [0.15, 0.2) is 4.90 Å². The van der Waals surface area contributed by atoms with E-state index in [1.807, 2.05) is 0 Å². The van der Waals surface area contributed by atoms with E-state index >= 15 is 0 Å². The normalized spacial score (nSPS) is 9.82. The molecule has 1 aromatic carbocycles. The van der Waals surface area contributed by atoms with E-state index in [0.29, 0.717) is 0 Å². The summed E-state index contributed by atoms with van der Waals surface area (Å²) < 4.78 is 0. The molecule has 11 heavy (non-hydrogen) atoms. The molecule has 0 saturated carbocycles. The van der Waals surface area contributed by atoms with Gasteiger partial charge in [-0.2, -0.15) is 0 Å². The van der Waals surface area contributed by atoms with Crippen LogP contribution in [-0.2, 0) is 0 Å². The van der Waals surface area contributed by atoms with Crippen molar-refractivity contribution in [2.75, 3.05) is 0 Å². The second-order valence-electron chi connectivity index (χ2n) is 2.34. The Morgan fingerprint density at radius 1 is 0.727 bits per heavy atom. The van der Waals surface area contributed by atoms with Crippen molar-refractivity contribution >= 4 is 10.5 Å². The summed E-state index contributed by atoms with van der Waals surface area (Å²) in [6, 6.07) is 14.8. The minimum atomic E-state index is 0.248. The third kappa shape index (κ3) is 1.33. The van der Waals surface area contributed by atoms with Crippen LogP contribution in [0.5, 0.6) is 0 Å². The van der Waals surface area contributed by atoms with Gasteiger partial charge < -0.3 is 0 Å². The highest BCUT2D eigenvalue weighted by atomic mass is 32.2. The van der Waals surface area contributed by atoms with Gasteiger partial charge in [0.25, 0.3) is 0 Å². The van der Waals surface area contributed by atoms with Gasteiger partial charge in [-0.3, -0.25) is 0 Å². The molecule has 0 unspecified atom stereocenters. The molecule has 1 aromatic heterocycles. The quantitative estimate of drug-likeness (QED) is 0.562. The van der Waals surface area contributed by atoms with Gasteiger partial charge in [-0.15, -0.1) is 0 Å². The summed E-state index contributed by atoms with van der Waals surface area (Å²) in [5.41, 5.74) is 0. The van der Waals surface area contributed by atoms with Crippen molar-refractivity contribution in [3.05, 3.63) is 53.2 Å². The molecule has 2 aromatic rings. The fraction of sp³-hybridized carbons (Fsp3) is 0. The number of hydrogen-bond acceptors (Lipinski definition) is 0. The van der Waals surface area contributed by atoms with E-state index in [9.17, 15) is 0 Å². The Balaban J connectivity index is 2.46. The average Bonchev–Trinajstić information content (AvgIpc) is 2.58. The average molecular weight is 161 g/mol. The van der Waals surface area contributed by atoms with Crippen molar-refractivity contribution in [3.63, 3.8) is 0 Å². The Kier molecular flexibility index (Phi) is 1.74. The summed E-state index contributed by atoms with van der Waals surface area (Å²) in [6.07, 6.45) is 0. The summed E-state index contributed by atoms with van der Waals surface area (Å²) in [7, 11) is 0.248. The van der Waals surface area contributed by atoms with Crippen LogP contribution in [0, 0.1) is 0 Å². The van der Waals surface area contributed by atoms with Crippen LogP contribution in [0.2, 0.25) is 0 Å². The molecule has 0 amide bonds. The van der Waals surface area contributed by atoms with Crippen molar-refractivity contribution in [1.82, 2.24) is 0 Å². The van der Waals surface area contributed by atoms with E-state index in [4.69, 9.17) is 0 Å². The van der Waals surface area contributed by atoms with E-state index in [2.05, 4.69) is 53.2 Å². The highest BCUT2D eigenvalue weighted by molar-refractivity contribution is 7.36. The highest BCUT2D eigenvalue weighted by Crippen LogP contribution is 2.28. The van der Waals surface area contributed by atoms with Crippen LogP contribution < -0.4 is 0 Å². The van der Waals surface area contributed by atoms with Gasteiger partial charge in [0.05, 0.1) is 0 Å². The maximum atomic E-state index is 2.23. The van der Waals surface area contributed by atoms with E-state index in [-0.39, 0.29) is 10.5 Å². The SMILES string of the molecule is c1ccc(-[s+]2cccc2)cc1. The summed E-state index contributed by atoms with van der Waals surface area (Å²) >= 11 is 0. The van der Waals surface area contributed by atoms with Crippen LogP contribution in [-0.4, -0.2) is 0 Å². The van der Waals surface area contributed by atoms with E-state index in [0.717, 1.165) is 0 Å². The molecule has 0 N–H and O–H groups in total. The first-order valence-electron chi connectivity index (χ1n) is 3.59. The Morgan fingerprint density at radius 2 is 1.36 bits per heavy atom. The molecule has 0 aliphatic carbocycles. The topological polar surface area (TPSA) is 0 Å². The van der Waals surface area contributed by atoms with Crippen molar-refractivity contribution in [2.45, 2.75) is 0 Å². The monoisotopic (exact) mass is 161 g/mol. The smallest absolute Gasteiger partial charge is 0.0619 e. The molecule has 0 nitrogen and oxygen atoms in total. The summed E-state index contributed by atoms with van der Waals surface area (Å²) in [5, 5.41) is 4.46.